The van der Waals surface area contributed by atoms with Gasteiger partial charge >= 0.3 is 0 Å². The number of carbonyl (C=O) groups excluding carboxylic acids is 1. The van der Waals surface area contributed by atoms with Gasteiger partial charge in [-0.2, -0.15) is 0 Å². The highest BCUT2D eigenvalue weighted by molar-refractivity contribution is 7.91. The largest absolute Gasteiger partial charge is 0.454 e. The predicted molar refractivity (Wildman–Crippen MR) is 123 cm³/mol. The molecule has 8 heteroatoms. The predicted octanol–water partition coefficient (Wildman–Crippen LogP) is 3.83. The topological polar surface area (TPSA) is 86.6 Å². The molecule has 4 aromatic rings. The molecule has 7 nitrogen and oxygen atoms in total. The molecule has 2 heterocycles. The number of aryl methyl sites for hydroxylation is 1. The first-order valence-electron chi connectivity index (χ1n) is 10.5. The van der Waals surface area contributed by atoms with Gasteiger partial charge in [0.05, 0.1) is 9.79 Å². The van der Waals surface area contributed by atoms with E-state index in [0.29, 0.717) is 28.9 Å². The third-order valence-corrected chi connectivity index (χ3v) is 7.41. The Balaban J connectivity index is 1.38. The van der Waals surface area contributed by atoms with Crippen molar-refractivity contribution in [2.75, 3.05) is 6.79 Å². The Bertz CT molecular complexity index is 1460. The highest BCUT2D eigenvalue weighted by Gasteiger charge is 2.24. The molecule has 0 aliphatic carbocycles. The van der Waals surface area contributed by atoms with E-state index in [9.17, 15) is 13.2 Å². The number of aromatic nitrogens is 1. The fraction of sp³-hybridized carbons (Fsp3) is 0.160. The fourth-order valence-electron chi connectivity index (χ4n) is 3.86. The molecule has 0 fully saturated rings. The molecule has 0 unspecified atom stereocenters. The van der Waals surface area contributed by atoms with Crippen LogP contribution in [-0.2, 0) is 27.7 Å². The molecule has 1 amide bonds. The number of nitrogens with zero attached hydrogens (tertiary/aromatic N) is 1. The zero-order chi connectivity index (χ0) is 23.0. The number of benzene rings is 3. The summed E-state index contributed by atoms with van der Waals surface area (Å²) < 4.78 is 39.0. The number of rotatable bonds is 6. The molecule has 0 saturated heterocycles. The molecular weight excluding hydrogens is 440 g/mol. The van der Waals surface area contributed by atoms with Crippen LogP contribution in [0.1, 0.15) is 11.1 Å². The Hall–Kier alpha value is -3.78. The van der Waals surface area contributed by atoms with Gasteiger partial charge in [0.1, 0.15) is 6.54 Å². The molecule has 0 spiro atoms. The minimum absolute atomic E-state index is 0.00547. The number of carbonyl (C=O) groups is 1. The van der Waals surface area contributed by atoms with E-state index in [1.54, 1.807) is 47.2 Å². The first-order chi connectivity index (χ1) is 15.9. The van der Waals surface area contributed by atoms with E-state index in [1.807, 2.05) is 37.3 Å². The molecule has 1 aliphatic heterocycles. The molecular formula is C25H22N2O5S. The first-order valence-corrected chi connectivity index (χ1v) is 11.9. The van der Waals surface area contributed by atoms with E-state index < -0.39 is 9.84 Å². The van der Waals surface area contributed by atoms with Crippen molar-refractivity contribution < 1.29 is 22.7 Å². The lowest BCUT2D eigenvalue weighted by molar-refractivity contribution is -0.121. The molecule has 0 saturated carbocycles. The van der Waals surface area contributed by atoms with Gasteiger partial charge in [0, 0.05) is 23.6 Å². The van der Waals surface area contributed by atoms with Gasteiger partial charge in [0.2, 0.25) is 22.5 Å². The molecule has 1 aromatic heterocycles. The van der Waals surface area contributed by atoms with E-state index in [4.69, 9.17) is 9.47 Å². The summed E-state index contributed by atoms with van der Waals surface area (Å²) in [4.78, 5) is 13.1. The number of amides is 1. The minimum Gasteiger partial charge on any atom is -0.454 e. The molecule has 1 N–H and O–H groups in total. The van der Waals surface area contributed by atoms with Crippen molar-refractivity contribution >= 4 is 26.6 Å². The highest BCUT2D eigenvalue weighted by atomic mass is 32.2. The zero-order valence-corrected chi connectivity index (χ0v) is 18.8. The van der Waals surface area contributed by atoms with Gasteiger partial charge in [-0.25, -0.2) is 8.42 Å². The third-order valence-electron chi connectivity index (χ3n) is 5.61. The number of sulfone groups is 1. The first kappa shape index (κ1) is 21.1. The SMILES string of the molecule is Cc1ccc(S(=O)(=O)c2cn(CC(=O)NCc3ccc4c(c3)OCO4)c3ccccc23)cc1. The molecule has 1 aliphatic rings. The van der Waals surface area contributed by atoms with Crippen molar-refractivity contribution in [2.24, 2.45) is 0 Å². The number of hydrogen-bond donors (Lipinski definition) is 1. The van der Waals surface area contributed by atoms with E-state index in [2.05, 4.69) is 5.32 Å². The molecule has 168 valence electrons. The van der Waals surface area contributed by atoms with Crippen molar-refractivity contribution in [3.8, 4) is 11.5 Å². The summed E-state index contributed by atoms with van der Waals surface area (Å²) in [6, 6.07) is 19.5. The summed E-state index contributed by atoms with van der Waals surface area (Å²) >= 11 is 0. The summed E-state index contributed by atoms with van der Waals surface area (Å²) in [5.41, 5.74) is 2.55. The molecule has 0 radical (unpaired) electrons. The van der Waals surface area contributed by atoms with Crippen LogP contribution < -0.4 is 14.8 Å². The molecule has 3 aromatic carbocycles. The van der Waals surface area contributed by atoms with Gasteiger partial charge in [-0.1, -0.05) is 42.0 Å². The monoisotopic (exact) mass is 462 g/mol. The number of ether oxygens (including phenoxy) is 2. The lowest BCUT2D eigenvalue weighted by Gasteiger charge is -2.08. The maximum atomic E-state index is 13.3. The maximum Gasteiger partial charge on any atom is 0.240 e. The normalized spacial score (nSPS) is 12.8. The Kier molecular flexibility index (Phi) is 5.30. The van der Waals surface area contributed by atoms with E-state index in [0.717, 1.165) is 11.1 Å². The second-order valence-electron chi connectivity index (χ2n) is 7.92. The van der Waals surface area contributed by atoms with Crippen molar-refractivity contribution in [1.82, 2.24) is 9.88 Å². The molecule has 5 rings (SSSR count). The van der Waals surface area contributed by atoms with Crippen LogP contribution in [-0.4, -0.2) is 25.7 Å². The lowest BCUT2D eigenvalue weighted by atomic mass is 10.2. The Morgan fingerprint density at radius 3 is 2.58 bits per heavy atom. The number of para-hydroxylation sites is 1. The quantitative estimate of drug-likeness (QED) is 0.471. The Labute approximate surface area is 191 Å². The van der Waals surface area contributed by atoms with E-state index >= 15 is 0 Å². The van der Waals surface area contributed by atoms with Gasteiger partial charge in [0.15, 0.2) is 11.5 Å². The highest BCUT2D eigenvalue weighted by Crippen LogP contribution is 2.33. The van der Waals surface area contributed by atoms with Crippen LogP contribution in [0.25, 0.3) is 10.9 Å². The number of nitrogens with one attached hydrogen (secondary N) is 1. The van der Waals surface area contributed by atoms with Crippen LogP contribution in [0, 0.1) is 6.92 Å². The van der Waals surface area contributed by atoms with Gasteiger partial charge in [-0.15, -0.1) is 0 Å². The van der Waals surface area contributed by atoms with Crippen LogP contribution >= 0.6 is 0 Å². The molecule has 33 heavy (non-hydrogen) atoms. The molecule has 0 atom stereocenters. The van der Waals surface area contributed by atoms with Gasteiger partial charge in [0.25, 0.3) is 0 Å². The van der Waals surface area contributed by atoms with Crippen LogP contribution in [0.2, 0.25) is 0 Å². The van der Waals surface area contributed by atoms with Crippen LogP contribution in [0.5, 0.6) is 11.5 Å². The minimum atomic E-state index is -3.74. The summed E-state index contributed by atoms with van der Waals surface area (Å²) in [5.74, 6) is 1.11. The van der Waals surface area contributed by atoms with Gasteiger partial charge in [-0.05, 0) is 42.8 Å². The number of fused-ring (bicyclic) bond motifs is 2. The summed E-state index contributed by atoms with van der Waals surface area (Å²) in [6.45, 7) is 2.42. The number of hydrogen-bond acceptors (Lipinski definition) is 5. The van der Waals surface area contributed by atoms with Crippen molar-refractivity contribution in [2.45, 2.75) is 29.8 Å². The zero-order valence-electron chi connectivity index (χ0n) is 17.9. The Morgan fingerprint density at radius 1 is 1.00 bits per heavy atom. The van der Waals surface area contributed by atoms with Gasteiger partial charge < -0.3 is 19.4 Å². The smallest absolute Gasteiger partial charge is 0.240 e. The van der Waals surface area contributed by atoms with Crippen LogP contribution in [0.15, 0.2) is 82.7 Å². The lowest BCUT2D eigenvalue weighted by Crippen LogP contribution is -2.26. The molecule has 0 bridgehead atoms. The second-order valence-corrected chi connectivity index (χ2v) is 9.84. The van der Waals surface area contributed by atoms with Crippen LogP contribution in [0.4, 0.5) is 0 Å². The standard InChI is InChI=1S/C25H22N2O5S/c1-17-6-9-19(10-7-17)33(29,30)24-14-27(21-5-3-2-4-20(21)24)15-25(28)26-13-18-8-11-22-23(12-18)32-16-31-22/h2-12,14H,13,15-16H2,1H3,(H,26,28). The second kappa shape index (κ2) is 8.29. The third kappa shape index (κ3) is 4.05. The fourth-order valence-corrected chi connectivity index (χ4v) is 5.34. The van der Waals surface area contributed by atoms with Gasteiger partial charge in [-0.3, -0.25) is 4.79 Å². The van der Waals surface area contributed by atoms with Crippen molar-refractivity contribution in [3.05, 3.63) is 84.1 Å². The van der Waals surface area contributed by atoms with E-state index in [1.165, 1.54) is 0 Å². The summed E-state index contributed by atoms with van der Waals surface area (Å²) in [7, 11) is -3.74. The average Bonchev–Trinajstić information content (AvgIpc) is 3.43. The maximum absolute atomic E-state index is 13.3. The Morgan fingerprint density at radius 2 is 1.76 bits per heavy atom. The van der Waals surface area contributed by atoms with Crippen molar-refractivity contribution in [1.29, 1.82) is 0 Å². The average molecular weight is 463 g/mol. The summed E-state index contributed by atoms with van der Waals surface area (Å²) in [5, 5.41) is 3.47. The van der Waals surface area contributed by atoms with Crippen molar-refractivity contribution in [3.63, 3.8) is 0 Å². The summed E-state index contributed by atoms with van der Waals surface area (Å²) in [6.07, 6.45) is 1.54. The van der Waals surface area contributed by atoms with Crippen LogP contribution in [0.3, 0.4) is 0 Å². The van der Waals surface area contributed by atoms with E-state index in [-0.39, 0.29) is 29.0 Å².